The molecule has 4 aromatic rings. The minimum atomic E-state index is -0.826. The van der Waals surface area contributed by atoms with E-state index in [1.54, 1.807) is 11.1 Å². The first-order chi connectivity index (χ1) is 15.3. The first-order valence-corrected chi connectivity index (χ1v) is 17.5. The van der Waals surface area contributed by atoms with Gasteiger partial charge in [0.15, 0.2) is 0 Å². The summed E-state index contributed by atoms with van der Waals surface area (Å²) in [6, 6.07) is 18.9. The molecule has 32 heavy (non-hydrogen) atoms. The van der Waals surface area contributed by atoms with Crippen LogP contribution in [0.25, 0.3) is 33.0 Å². The Morgan fingerprint density at radius 1 is 0.656 bits per heavy atom. The zero-order chi connectivity index (χ0) is 23.0. The van der Waals surface area contributed by atoms with E-state index in [1.807, 2.05) is 0 Å². The fraction of sp³-hybridized carbons (Fsp3) is 0.276. The van der Waals surface area contributed by atoms with Gasteiger partial charge in [-0.3, -0.25) is 0 Å². The normalized spacial score (nSPS) is 12.5. The Hall–Kier alpha value is -1.27. The fourth-order valence-electron chi connectivity index (χ4n) is 5.58. The number of halogens is 2. The molecule has 164 valence electrons. The van der Waals surface area contributed by atoms with Gasteiger partial charge < -0.3 is 0 Å². The van der Waals surface area contributed by atoms with E-state index in [-0.39, 0.29) is 0 Å². The van der Waals surface area contributed by atoms with Crippen LogP contribution < -0.4 is 0 Å². The molecule has 0 spiro atoms. The fourth-order valence-corrected chi connectivity index (χ4v) is 5.58. The van der Waals surface area contributed by atoms with Crippen molar-refractivity contribution in [1.29, 1.82) is 0 Å². The molecule has 0 saturated carbocycles. The quantitative estimate of drug-likeness (QED) is 0.223. The van der Waals surface area contributed by atoms with Gasteiger partial charge in [0.2, 0.25) is 0 Å². The molecule has 5 rings (SSSR count). The van der Waals surface area contributed by atoms with Crippen LogP contribution in [0.1, 0.15) is 45.4 Å². The molecule has 0 N–H and O–H groups in total. The minimum absolute atomic E-state index is 0.826. The summed E-state index contributed by atoms with van der Waals surface area (Å²) in [4.78, 5) is 0. The molecule has 1 aliphatic carbocycles. The summed E-state index contributed by atoms with van der Waals surface area (Å²) in [5.41, 5.74) is 15.7. The first-order valence-electron chi connectivity index (χ1n) is 11.2. The van der Waals surface area contributed by atoms with Gasteiger partial charge in [0.05, 0.1) is 0 Å². The van der Waals surface area contributed by atoms with E-state index in [0.29, 0.717) is 0 Å². The Labute approximate surface area is 211 Å². The summed E-state index contributed by atoms with van der Waals surface area (Å²) >= 11 is -0.826. The van der Waals surface area contributed by atoms with Crippen LogP contribution in [0.3, 0.4) is 0 Å². The van der Waals surface area contributed by atoms with Gasteiger partial charge in [0.1, 0.15) is 0 Å². The van der Waals surface area contributed by atoms with Crippen LogP contribution in [0.5, 0.6) is 0 Å². The molecule has 0 aromatic heterocycles. The monoisotopic (exact) mass is 537 g/mol. The Bertz CT molecular complexity index is 1160. The van der Waals surface area contributed by atoms with Crippen LogP contribution in [0, 0.1) is 34.6 Å². The van der Waals surface area contributed by atoms with Crippen molar-refractivity contribution in [1.82, 2.24) is 0 Å². The molecule has 0 amide bonds. The molecular weight excluding hydrogens is 510 g/mol. The van der Waals surface area contributed by atoms with Crippen LogP contribution in [0.15, 0.2) is 48.5 Å². The number of hydrogen-bond donors (Lipinski definition) is 0. The molecule has 0 unspecified atom stereocenters. The van der Waals surface area contributed by atoms with Crippen LogP contribution in [-0.2, 0) is 33.7 Å². The van der Waals surface area contributed by atoms with Crippen molar-refractivity contribution in [3.8, 4) is 22.3 Å². The Morgan fingerprint density at radius 2 is 1.09 bits per heavy atom. The molecular formula is C29H29Cl2Zr-. The van der Waals surface area contributed by atoms with Gasteiger partial charge in [-0.1, -0.05) is 93.4 Å². The van der Waals surface area contributed by atoms with Crippen molar-refractivity contribution in [2.45, 2.75) is 53.9 Å². The standard InChI is InChI=1S/C29H29.2ClH.Zr/c1-17-9-18(2)12-22(11-17)28-24-7-6-8-25(24)29(27-16-21(5)15-26(27)28)23-13-19(3)10-20(4)14-23;;;/h9-16H,6-8H2,1-5H3;2*1H;/q-1;;;+2/p-2. The Kier molecular flexibility index (Phi) is 7.41. The molecule has 0 aliphatic heterocycles. The summed E-state index contributed by atoms with van der Waals surface area (Å²) in [6.45, 7) is 11.1. The van der Waals surface area contributed by atoms with E-state index in [0.717, 1.165) is 0 Å². The van der Waals surface area contributed by atoms with Crippen molar-refractivity contribution in [2.75, 3.05) is 0 Å². The second-order valence-corrected chi connectivity index (χ2v) is 13.0. The topological polar surface area (TPSA) is 0 Å². The number of rotatable bonds is 2. The summed E-state index contributed by atoms with van der Waals surface area (Å²) in [7, 11) is 9.87. The van der Waals surface area contributed by atoms with E-state index in [1.165, 1.54) is 80.1 Å². The molecule has 0 bridgehead atoms. The third-order valence-corrected chi connectivity index (χ3v) is 6.41. The molecule has 0 atom stereocenters. The van der Waals surface area contributed by atoms with E-state index in [9.17, 15) is 0 Å². The van der Waals surface area contributed by atoms with Crippen molar-refractivity contribution in [2.24, 2.45) is 0 Å². The zero-order valence-corrected chi connectivity index (χ0v) is 23.5. The van der Waals surface area contributed by atoms with E-state index in [2.05, 4.69) is 83.1 Å². The van der Waals surface area contributed by atoms with Gasteiger partial charge in [-0.25, -0.2) is 0 Å². The number of benzene rings is 3. The van der Waals surface area contributed by atoms with Crippen LogP contribution in [-0.4, -0.2) is 0 Å². The molecule has 0 heterocycles. The van der Waals surface area contributed by atoms with Crippen LogP contribution in [0.4, 0.5) is 0 Å². The number of aryl methyl sites for hydroxylation is 5. The first kappa shape index (κ1) is 23.9. The van der Waals surface area contributed by atoms with Crippen molar-refractivity contribution >= 4 is 27.8 Å². The average molecular weight is 540 g/mol. The molecule has 3 heteroatoms. The van der Waals surface area contributed by atoms with Gasteiger partial charge in [-0.15, -0.1) is 22.4 Å². The van der Waals surface area contributed by atoms with Gasteiger partial charge >= 0.3 is 37.9 Å². The summed E-state index contributed by atoms with van der Waals surface area (Å²) < 4.78 is 0. The van der Waals surface area contributed by atoms with Crippen molar-refractivity contribution < 1.29 is 20.8 Å². The van der Waals surface area contributed by atoms with Gasteiger partial charge in [-0.2, -0.15) is 6.07 Å². The predicted octanol–water partition coefficient (Wildman–Crippen LogP) is 9.30. The molecule has 1 aliphatic rings. The third-order valence-electron chi connectivity index (χ3n) is 6.41. The van der Waals surface area contributed by atoms with E-state index in [4.69, 9.17) is 17.0 Å². The molecule has 4 aromatic carbocycles. The second kappa shape index (κ2) is 9.92. The number of fused-ring (bicyclic) bond motifs is 2. The number of hydrogen-bond acceptors (Lipinski definition) is 0. The summed E-state index contributed by atoms with van der Waals surface area (Å²) in [5, 5.41) is 2.87. The summed E-state index contributed by atoms with van der Waals surface area (Å²) in [5.74, 6) is 0. The molecule has 0 radical (unpaired) electrons. The van der Waals surface area contributed by atoms with Crippen LogP contribution in [0.2, 0.25) is 0 Å². The molecule has 0 saturated heterocycles. The molecule has 0 fully saturated rings. The Morgan fingerprint density at radius 3 is 1.59 bits per heavy atom. The Balaban J connectivity index is 0.000000775. The van der Waals surface area contributed by atoms with Gasteiger partial charge in [0.25, 0.3) is 0 Å². The SMILES string of the molecule is Cc1cc(C)cc(-c2c3c(c(-c4cc(C)cc(C)c4)c4[cH-]c(C)cc24)CCC3)c1.[Cl][Zr][Cl]. The molecule has 0 nitrogen and oxygen atoms in total. The zero-order valence-electron chi connectivity index (χ0n) is 19.5. The maximum atomic E-state index is 4.93. The van der Waals surface area contributed by atoms with Gasteiger partial charge in [0, 0.05) is 0 Å². The van der Waals surface area contributed by atoms with Crippen molar-refractivity contribution in [3.63, 3.8) is 0 Å². The third kappa shape index (κ3) is 4.68. The summed E-state index contributed by atoms with van der Waals surface area (Å²) in [6.07, 6.45) is 3.64. The second-order valence-electron chi connectivity index (χ2n) is 9.24. The maximum absolute atomic E-state index is 4.93. The van der Waals surface area contributed by atoms with E-state index >= 15 is 0 Å². The predicted molar refractivity (Wildman–Crippen MR) is 138 cm³/mol. The van der Waals surface area contributed by atoms with Crippen LogP contribution >= 0.6 is 17.0 Å². The van der Waals surface area contributed by atoms with Crippen molar-refractivity contribution in [3.05, 3.63) is 87.5 Å². The van der Waals surface area contributed by atoms with Gasteiger partial charge in [-0.05, 0) is 52.5 Å². The average Bonchev–Trinajstić information content (AvgIpc) is 3.30. The van der Waals surface area contributed by atoms with E-state index < -0.39 is 20.8 Å².